The van der Waals surface area contributed by atoms with Crippen LogP contribution in [0.2, 0.25) is 0 Å². The summed E-state index contributed by atoms with van der Waals surface area (Å²) in [5.74, 6) is -0.964. The van der Waals surface area contributed by atoms with Gasteiger partial charge in [0, 0.05) is 15.7 Å². The highest BCUT2D eigenvalue weighted by Crippen LogP contribution is 2.43. The number of hydrogen-bond acceptors (Lipinski definition) is 4. The lowest BCUT2D eigenvalue weighted by Gasteiger charge is -2.25. The summed E-state index contributed by atoms with van der Waals surface area (Å²) in [7, 11) is 1.56. The third kappa shape index (κ3) is 3.75. The molecule has 1 fully saturated rings. The summed E-state index contributed by atoms with van der Waals surface area (Å²) in [6.45, 7) is 1.82. The average molecular weight is 478 g/mol. The lowest BCUT2D eigenvalue weighted by Crippen LogP contribution is -2.29. The number of aryl methyl sites for hydroxylation is 1. The Morgan fingerprint density at radius 3 is 2.39 bits per heavy atom. The fraction of sp³-hybridized carbons (Fsp3) is 0.120. The van der Waals surface area contributed by atoms with Crippen LogP contribution in [0.3, 0.4) is 0 Å². The molecule has 1 aliphatic rings. The minimum atomic E-state index is -0.753. The molecule has 156 valence electrons. The Labute approximate surface area is 188 Å². The number of halogens is 1. The normalized spacial score (nSPS) is 17.8. The summed E-state index contributed by atoms with van der Waals surface area (Å²) in [6.07, 6.45) is 0. The smallest absolute Gasteiger partial charge is 0.300 e. The van der Waals surface area contributed by atoms with E-state index in [2.05, 4.69) is 15.9 Å². The van der Waals surface area contributed by atoms with Crippen molar-refractivity contribution in [1.82, 2.24) is 0 Å². The number of benzene rings is 3. The number of ether oxygens (including phenoxy) is 1. The van der Waals surface area contributed by atoms with Crippen molar-refractivity contribution in [2.45, 2.75) is 13.0 Å². The van der Waals surface area contributed by atoms with Crippen LogP contribution in [0.25, 0.3) is 5.76 Å². The second-order valence-electron chi connectivity index (χ2n) is 7.24. The molecule has 6 heteroatoms. The van der Waals surface area contributed by atoms with Crippen molar-refractivity contribution in [2.24, 2.45) is 0 Å². The number of anilines is 1. The molecule has 0 spiro atoms. The van der Waals surface area contributed by atoms with E-state index in [1.54, 1.807) is 43.5 Å². The van der Waals surface area contributed by atoms with E-state index in [0.29, 0.717) is 17.0 Å². The standard InChI is InChI=1S/C25H20BrNO4/c1-15-13-19(31-2)11-12-20(15)23(28)21-22(16-7-4-3-5-8-16)27(25(30)24(21)29)18-10-6-9-17(26)14-18/h3-14,22,28H,1-2H3/b23-21-. The van der Waals surface area contributed by atoms with Crippen LogP contribution in [-0.2, 0) is 9.59 Å². The molecule has 1 aliphatic heterocycles. The summed E-state index contributed by atoms with van der Waals surface area (Å²) < 4.78 is 6.02. The van der Waals surface area contributed by atoms with Gasteiger partial charge in [-0.2, -0.15) is 0 Å². The van der Waals surface area contributed by atoms with Gasteiger partial charge in [-0.3, -0.25) is 14.5 Å². The first-order valence-corrected chi connectivity index (χ1v) is 10.5. The maximum Gasteiger partial charge on any atom is 0.300 e. The Balaban J connectivity index is 1.95. The Hall–Kier alpha value is -3.38. The molecule has 1 heterocycles. The van der Waals surface area contributed by atoms with Crippen molar-refractivity contribution in [3.63, 3.8) is 0 Å². The highest BCUT2D eigenvalue weighted by molar-refractivity contribution is 9.10. The van der Waals surface area contributed by atoms with E-state index in [9.17, 15) is 14.7 Å². The number of aliphatic hydroxyl groups is 1. The lowest BCUT2D eigenvalue weighted by atomic mass is 9.94. The van der Waals surface area contributed by atoms with E-state index in [1.807, 2.05) is 43.3 Å². The third-order valence-corrected chi connectivity index (χ3v) is 5.83. The predicted molar refractivity (Wildman–Crippen MR) is 123 cm³/mol. The molecule has 0 radical (unpaired) electrons. The molecule has 0 bridgehead atoms. The molecule has 1 amide bonds. The van der Waals surface area contributed by atoms with Crippen LogP contribution in [0.4, 0.5) is 5.69 Å². The molecule has 1 atom stereocenters. The van der Waals surface area contributed by atoms with Crippen molar-refractivity contribution in [3.05, 3.63) is 99.5 Å². The van der Waals surface area contributed by atoms with E-state index in [4.69, 9.17) is 4.74 Å². The van der Waals surface area contributed by atoms with E-state index >= 15 is 0 Å². The molecule has 4 rings (SSSR count). The van der Waals surface area contributed by atoms with Gasteiger partial charge in [-0.25, -0.2) is 0 Å². The maximum absolute atomic E-state index is 13.2. The van der Waals surface area contributed by atoms with Crippen molar-refractivity contribution < 1.29 is 19.4 Å². The van der Waals surface area contributed by atoms with Crippen LogP contribution < -0.4 is 9.64 Å². The van der Waals surface area contributed by atoms with Gasteiger partial charge in [0.05, 0.1) is 18.7 Å². The zero-order valence-corrected chi connectivity index (χ0v) is 18.6. The fourth-order valence-electron chi connectivity index (χ4n) is 3.85. The van der Waals surface area contributed by atoms with Gasteiger partial charge in [0.15, 0.2) is 0 Å². The molecule has 3 aromatic rings. The van der Waals surface area contributed by atoms with Gasteiger partial charge in [-0.15, -0.1) is 0 Å². The molecular formula is C25H20BrNO4. The predicted octanol–water partition coefficient (Wildman–Crippen LogP) is 5.39. The minimum Gasteiger partial charge on any atom is -0.507 e. The van der Waals surface area contributed by atoms with E-state index < -0.39 is 17.7 Å². The number of Topliss-reactive ketones (excluding diaryl/α,β-unsaturated/α-hetero) is 1. The van der Waals surface area contributed by atoms with Crippen molar-refractivity contribution in [2.75, 3.05) is 12.0 Å². The second kappa shape index (κ2) is 8.40. The van der Waals surface area contributed by atoms with Crippen molar-refractivity contribution in [3.8, 4) is 5.75 Å². The zero-order valence-electron chi connectivity index (χ0n) is 17.0. The van der Waals surface area contributed by atoms with Crippen molar-refractivity contribution in [1.29, 1.82) is 0 Å². The van der Waals surface area contributed by atoms with Crippen LogP contribution in [-0.4, -0.2) is 23.9 Å². The topological polar surface area (TPSA) is 66.8 Å². The zero-order chi connectivity index (χ0) is 22.1. The third-order valence-electron chi connectivity index (χ3n) is 5.33. The average Bonchev–Trinajstić information content (AvgIpc) is 3.04. The van der Waals surface area contributed by atoms with Gasteiger partial charge in [-0.05, 0) is 54.4 Å². The summed E-state index contributed by atoms with van der Waals surface area (Å²) in [4.78, 5) is 27.7. The van der Waals surface area contributed by atoms with Gasteiger partial charge in [-0.1, -0.05) is 52.3 Å². The highest BCUT2D eigenvalue weighted by Gasteiger charge is 2.47. The molecule has 3 aromatic carbocycles. The molecule has 0 aromatic heterocycles. The van der Waals surface area contributed by atoms with Crippen LogP contribution in [0, 0.1) is 6.92 Å². The van der Waals surface area contributed by atoms with Crippen LogP contribution in [0.1, 0.15) is 22.7 Å². The lowest BCUT2D eigenvalue weighted by molar-refractivity contribution is -0.132. The molecule has 1 N–H and O–H groups in total. The first-order chi connectivity index (χ1) is 14.9. The number of carbonyl (C=O) groups excluding carboxylic acids is 2. The van der Waals surface area contributed by atoms with Gasteiger partial charge in [0.1, 0.15) is 11.5 Å². The molecular weight excluding hydrogens is 458 g/mol. The molecule has 0 aliphatic carbocycles. The number of ketones is 1. The summed E-state index contributed by atoms with van der Waals surface area (Å²) >= 11 is 3.43. The van der Waals surface area contributed by atoms with Crippen LogP contribution >= 0.6 is 15.9 Å². The van der Waals surface area contributed by atoms with E-state index in [1.165, 1.54) is 4.90 Å². The number of amides is 1. The first-order valence-electron chi connectivity index (χ1n) is 9.69. The van der Waals surface area contributed by atoms with Crippen LogP contribution in [0.15, 0.2) is 82.8 Å². The number of carbonyl (C=O) groups is 2. The van der Waals surface area contributed by atoms with Gasteiger partial charge in [0.25, 0.3) is 11.7 Å². The summed E-state index contributed by atoms with van der Waals surface area (Å²) in [6, 6.07) is 20.9. The molecule has 31 heavy (non-hydrogen) atoms. The first kappa shape index (κ1) is 20.9. The van der Waals surface area contributed by atoms with Crippen molar-refractivity contribution >= 4 is 39.1 Å². The molecule has 0 saturated carbocycles. The maximum atomic E-state index is 13.2. The molecule has 1 unspecified atom stereocenters. The summed E-state index contributed by atoms with van der Waals surface area (Å²) in [5.41, 5.74) is 2.57. The Kier molecular flexibility index (Phi) is 5.65. The van der Waals surface area contributed by atoms with Gasteiger partial charge < -0.3 is 9.84 Å². The van der Waals surface area contributed by atoms with Gasteiger partial charge >= 0.3 is 0 Å². The Morgan fingerprint density at radius 1 is 1.00 bits per heavy atom. The number of methoxy groups -OCH3 is 1. The Morgan fingerprint density at radius 2 is 1.74 bits per heavy atom. The number of rotatable bonds is 4. The van der Waals surface area contributed by atoms with Crippen LogP contribution in [0.5, 0.6) is 5.75 Å². The SMILES string of the molecule is COc1ccc(/C(O)=C2/C(=O)C(=O)N(c3cccc(Br)c3)C2c2ccccc2)c(C)c1. The second-order valence-corrected chi connectivity index (χ2v) is 8.16. The number of nitrogens with zero attached hydrogens (tertiary/aromatic N) is 1. The molecule has 5 nitrogen and oxygen atoms in total. The largest absolute Gasteiger partial charge is 0.507 e. The van der Waals surface area contributed by atoms with E-state index in [-0.39, 0.29) is 11.3 Å². The van der Waals surface area contributed by atoms with Gasteiger partial charge in [0.2, 0.25) is 0 Å². The summed E-state index contributed by atoms with van der Waals surface area (Å²) in [5, 5.41) is 11.2. The number of hydrogen-bond donors (Lipinski definition) is 1. The highest BCUT2D eigenvalue weighted by atomic mass is 79.9. The quantitative estimate of drug-likeness (QED) is 0.310. The minimum absolute atomic E-state index is 0.0597. The Bertz CT molecular complexity index is 1200. The molecule has 1 saturated heterocycles. The fourth-order valence-corrected chi connectivity index (χ4v) is 4.24. The monoisotopic (exact) mass is 477 g/mol. The number of aliphatic hydroxyl groups excluding tert-OH is 1. The van der Waals surface area contributed by atoms with E-state index in [0.717, 1.165) is 15.6 Å².